The molecule has 0 saturated carbocycles. The van der Waals surface area contributed by atoms with Crippen molar-refractivity contribution in [1.29, 1.82) is 5.26 Å². The fraction of sp³-hybridized carbons (Fsp3) is 0.364. The monoisotopic (exact) mass is 380 g/mol. The van der Waals surface area contributed by atoms with Gasteiger partial charge in [-0.1, -0.05) is 30.3 Å². The van der Waals surface area contributed by atoms with Crippen molar-refractivity contribution < 1.29 is 9.90 Å². The Balaban J connectivity index is 1.75. The highest BCUT2D eigenvalue weighted by Gasteiger charge is 2.13. The summed E-state index contributed by atoms with van der Waals surface area (Å²) >= 11 is 0. The molecule has 0 heterocycles. The summed E-state index contributed by atoms with van der Waals surface area (Å²) in [5.41, 5.74) is 9.69. The van der Waals surface area contributed by atoms with Gasteiger partial charge in [0.15, 0.2) is 0 Å². The molecule has 2 rings (SSSR count). The highest BCUT2D eigenvalue weighted by molar-refractivity contribution is 5.75. The zero-order chi connectivity index (χ0) is 20.5. The minimum atomic E-state index is -0.808. The molecule has 0 aromatic heterocycles. The molecule has 2 aromatic carbocycles. The Morgan fingerprint density at radius 1 is 1.21 bits per heavy atom. The molecule has 6 nitrogen and oxygen atoms in total. The predicted octanol–water partition coefficient (Wildman–Crippen LogP) is 3.35. The Bertz CT molecular complexity index is 845. The van der Waals surface area contributed by atoms with Gasteiger partial charge in [0.1, 0.15) is 6.07 Å². The van der Waals surface area contributed by atoms with Crippen LogP contribution in [0.2, 0.25) is 0 Å². The van der Waals surface area contributed by atoms with Gasteiger partial charge in [-0.2, -0.15) is 5.26 Å². The van der Waals surface area contributed by atoms with Crippen molar-refractivity contribution >= 4 is 17.3 Å². The standard InChI is InChI=1S/C22H28N4O2/c1-15(9-11-26-20-8-4-7-19(14-23)21(20)24)25-12-10-17-5-3-6-18(13-17)16(2)22(27)28/h3-8,13,15-16,25-26H,9-12,24H2,1-2H3,(H,27,28)/t15-,16-/m1/s1. The first-order valence-corrected chi connectivity index (χ1v) is 9.50. The van der Waals surface area contributed by atoms with E-state index in [0.717, 1.165) is 42.7 Å². The third kappa shape index (κ3) is 6.00. The van der Waals surface area contributed by atoms with Crippen LogP contribution in [0.5, 0.6) is 0 Å². The zero-order valence-electron chi connectivity index (χ0n) is 16.4. The number of nitrogen functional groups attached to an aromatic ring is 1. The third-order valence-corrected chi connectivity index (χ3v) is 4.85. The summed E-state index contributed by atoms with van der Waals surface area (Å²) in [6.45, 7) is 5.39. The fourth-order valence-electron chi connectivity index (χ4n) is 2.97. The molecule has 28 heavy (non-hydrogen) atoms. The van der Waals surface area contributed by atoms with E-state index < -0.39 is 11.9 Å². The molecule has 0 spiro atoms. The van der Waals surface area contributed by atoms with Gasteiger partial charge in [-0.15, -0.1) is 0 Å². The number of para-hydroxylation sites is 1. The van der Waals surface area contributed by atoms with Crippen molar-refractivity contribution in [3.63, 3.8) is 0 Å². The molecule has 0 fully saturated rings. The molecule has 5 N–H and O–H groups in total. The van der Waals surface area contributed by atoms with E-state index in [1.807, 2.05) is 36.4 Å². The first-order chi connectivity index (χ1) is 13.4. The second kappa shape index (κ2) is 10.3. The van der Waals surface area contributed by atoms with Crippen LogP contribution >= 0.6 is 0 Å². The average Bonchev–Trinajstić information content (AvgIpc) is 2.69. The Hall–Kier alpha value is -3.04. The topological polar surface area (TPSA) is 111 Å². The second-order valence-corrected chi connectivity index (χ2v) is 7.00. The highest BCUT2D eigenvalue weighted by atomic mass is 16.4. The summed E-state index contributed by atoms with van der Waals surface area (Å²) in [5.74, 6) is -1.30. The van der Waals surface area contributed by atoms with E-state index in [-0.39, 0.29) is 0 Å². The van der Waals surface area contributed by atoms with Gasteiger partial charge in [0.05, 0.1) is 22.9 Å². The van der Waals surface area contributed by atoms with E-state index in [1.165, 1.54) is 0 Å². The van der Waals surface area contributed by atoms with Gasteiger partial charge >= 0.3 is 5.97 Å². The number of nitrogens with one attached hydrogen (secondary N) is 2. The first-order valence-electron chi connectivity index (χ1n) is 9.50. The van der Waals surface area contributed by atoms with Crippen molar-refractivity contribution in [2.75, 3.05) is 24.1 Å². The van der Waals surface area contributed by atoms with E-state index in [4.69, 9.17) is 16.1 Å². The van der Waals surface area contributed by atoms with Gasteiger partial charge in [0, 0.05) is 12.6 Å². The summed E-state index contributed by atoms with van der Waals surface area (Å²) in [7, 11) is 0. The molecule has 2 aromatic rings. The molecule has 0 amide bonds. The zero-order valence-corrected chi connectivity index (χ0v) is 16.4. The van der Waals surface area contributed by atoms with Gasteiger partial charge in [0.2, 0.25) is 0 Å². The van der Waals surface area contributed by atoms with Crippen LogP contribution < -0.4 is 16.4 Å². The lowest BCUT2D eigenvalue weighted by molar-refractivity contribution is -0.138. The van der Waals surface area contributed by atoms with Crippen LogP contribution in [-0.2, 0) is 11.2 Å². The lowest BCUT2D eigenvalue weighted by atomic mass is 9.98. The SMILES string of the molecule is C[C@H](CCNc1cccc(C#N)c1N)NCCc1cccc([C@@H](C)C(=O)O)c1. The van der Waals surface area contributed by atoms with Crippen LogP contribution in [-0.4, -0.2) is 30.2 Å². The van der Waals surface area contributed by atoms with Crippen LogP contribution in [0.3, 0.4) is 0 Å². The number of hydrogen-bond acceptors (Lipinski definition) is 5. The lowest BCUT2D eigenvalue weighted by Crippen LogP contribution is -2.30. The number of nitrogens with two attached hydrogens (primary N) is 1. The molecule has 6 heteroatoms. The van der Waals surface area contributed by atoms with Crippen LogP contribution in [0.15, 0.2) is 42.5 Å². The molecule has 0 saturated heterocycles. The maximum Gasteiger partial charge on any atom is 0.310 e. The quantitative estimate of drug-likeness (QED) is 0.470. The molecule has 148 valence electrons. The molecule has 0 radical (unpaired) electrons. The average molecular weight is 380 g/mol. The summed E-state index contributed by atoms with van der Waals surface area (Å²) in [6.07, 6.45) is 1.75. The maximum absolute atomic E-state index is 11.1. The number of anilines is 2. The molecule has 0 aliphatic carbocycles. The summed E-state index contributed by atoms with van der Waals surface area (Å²) < 4.78 is 0. The lowest BCUT2D eigenvalue weighted by Gasteiger charge is -2.16. The summed E-state index contributed by atoms with van der Waals surface area (Å²) in [4.78, 5) is 11.1. The Kier molecular flexibility index (Phi) is 7.85. The smallest absolute Gasteiger partial charge is 0.310 e. The summed E-state index contributed by atoms with van der Waals surface area (Å²) in [6, 6.07) is 15.6. The van der Waals surface area contributed by atoms with Gasteiger partial charge in [-0.25, -0.2) is 0 Å². The maximum atomic E-state index is 11.1. The number of carbonyl (C=O) groups is 1. The normalized spacial score (nSPS) is 12.8. The third-order valence-electron chi connectivity index (χ3n) is 4.85. The van der Waals surface area contributed by atoms with E-state index in [0.29, 0.717) is 17.3 Å². The van der Waals surface area contributed by atoms with Crippen molar-refractivity contribution in [1.82, 2.24) is 5.32 Å². The number of hydrogen-bond donors (Lipinski definition) is 4. The molecular weight excluding hydrogens is 352 g/mol. The largest absolute Gasteiger partial charge is 0.481 e. The molecule has 2 atom stereocenters. The summed E-state index contributed by atoms with van der Waals surface area (Å²) in [5, 5.41) is 24.9. The van der Waals surface area contributed by atoms with Crippen molar-refractivity contribution in [2.24, 2.45) is 0 Å². The van der Waals surface area contributed by atoms with Crippen LogP contribution in [0.1, 0.15) is 42.9 Å². The Morgan fingerprint density at radius 2 is 1.96 bits per heavy atom. The van der Waals surface area contributed by atoms with Crippen LogP contribution in [0.4, 0.5) is 11.4 Å². The molecule has 0 unspecified atom stereocenters. The molecular formula is C22H28N4O2. The number of nitrogens with zero attached hydrogens (tertiary/aromatic N) is 1. The predicted molar refractivity (Wildman–Crippen MR) is 112 cm³/mol. The number of rotatable bonds is 10. The Labute approximate surface area is 166 Å². The molecule has 0 aliphatic rings. The fourth-order valence-corrected chi connectivity index (χ4v) is 2.97. The number of nitriles is 1. The minimum Gasteiger partial charge on any atom is -0.481 e. The van der Waals surface area contributed by atoms with Crippen LogP contribution in [0, 0.1) is 11.3 Å². The van der Waals surface area contributed by atoms with Crippen molar-refractivity contribution in [3.8, 4) is 6.07 Å². The van der Waals surface area contributed by atoms with Crippen molar-refractivity contribution in [2.45, 2.75) is 38.6 Å². The van der Waals surface area contributed by atoms with Gasteiger partial charge in [-0.05, 0) is 56.5 Å². The van der Waals surface area contributed by atoms with Gasteiger partial charge < -0.3 is 21.5 Å². The van der Waals surface area contributed by atoms with E-state index in [1.54, 1.807) is 13.0 Å². The Morgan fingerprint density at radius 3 is 2.68 bits per heavy atom. The number of benzene rings is 2. The van der Waals surface area contributed by atoms with E-state index in [9.17, 15) is 4.79 Å². The number of carboxylic acids is 1. The highest BCUT2D eigenvalue weighted by Crippen LogP contribution is 2.22. The second-order valence-electron chi connectivity index (χ2n) is 7.00. The van der Waals surface area contributed by atoms with Gasteiger partial charge in [-0.3, -0.25) is 4.79 Å². The molecule has 0 bridgehead atoms. The number of aliphatic carboxylic acids is 1. The van der Waals surface area contributed by atoms with E-state index in [2.05, 4.69) is 23.6 Å². The van der Waals surface area contributed by atoms with E-state index >= 15 is 0 Å². The number of carboxylic acid groups (broad SMARTS) is 1. The molecule has 0 aliphatic heterocycles. The van der Waals surface area contributed by atoms with Crippen molar-refractivity contribution in [3.05, 3.63) is 59.2 Å². The van der Waals surface area contributed by atoms with Crippen LogP contribution in [0.25, 0.3) is 0 Å². The first kappa shape index (κ1) is 21.3. The minimum absolute atomic E-state index is 0.314. The van der Waals surface area contributed by atoms with Gasteiger partial charge in [0.25, 0.3) is 0 Å².